The van der Waals surface area contributed by atoms with E-state index < -0.39 is 17.5 Å². The minimum atomic E-state index is -0.607. The van der Waals surface area contributed by atoms with E-state index in [-0.39, 0.29) is 65.3 Å². The Bertz CT molecular complexity index is 1880. The molecule has 0 amide bonds. The van der Waals surface area contributed by atoms with Gasteiger partial charge in [-0.05, 0) is 148 Å². The van der Waals surface area contributed by atoms with Gasteiger partial charge < -0.3 is 38.6 Å². The molecule has 8 nitrogen and oxygen atoms in total. The van der Waals surface area contributed by atoms with Crippen LogP contribution in [0.5, 0.6) is 46.0 Å². The monoisotopic (exact) mass is 999 g/mol. The zero-order valence-corrected chi connectivity index (χ0v) is 37.8. The highest BCUT2D eigenvalue weighted by atomic mass is 79.9. The molecule has 0 radical (unpaired) electrons. The third-order valence-electron chi connectivity index (χ3n) is 6.54. The van der Waals surface area contributed by atoms with Gasteiger partial charge in [-0.1, -0.05) is 37.8 Å². The van der Waals surface area contributed by atoms with Gasteiger partial charge in [-0.3, -0.25) is 4.70 Å². The number of hydrogen-bond donors (Lipinski definition) is 2. The van der Waals surface area contributed by atoms with Crippen LogP contribution in [0.1, 0.15) is 64.2 Å². The molecule has 0 aliphatic rings. The Labute approximate surface area is 373 Å². The van der Waals surface area contributed by atoms with Crippen molar-refractivity contribution in [3.05, 3.63) is 129 Å². The second-order valence-corrected chi connectivity index (χ2v) is 13.9. The fraction of sp³-hybridized carbons (Fsp3) is 0.333. The van der Waals surface area contributed by atoms with Gasteiger partial charge in [-0.15, -0.1) is 0 Å². The van der Waals surface area contributed by atoms with E-state index in [1.54, 1.807) is 49.4 Å². The summed E-state index contributed by atoms with van der Waals surface area (Å²) in [5.74, 6) is -1.23. The molecule has 61 heavy (non-hydrogen) atoms. The highest BCUT2D eigenvalue weighted by Gasteiger charge is 2.18. The van der Waals surface area contributed by atoms with Gasteiger partial charge in [-0.25, -0.2) is 22.0 Å². The number of benzene rings is 5. The molecule has 0 aliphatic heterocycles. The molecule has 0 unspecified atom stereocenters. The smallest absolute Gasteiger partial charge is 0.197 e. The Morgan fingerprint density at radius 1 is 0.475 bits per heavy atom. The lowest BCUT2D eigenvalue weighted by atomic mass is 10.2. The predicted molar refractivity (Wildman–Crippen MR) is 238 cm³/mol. The minimum absolute atomic E-state index is 0. The molecule has 0 fully saturated rings. The summed E-state index contributed by atoms with van der Waals surface area (Å²) in [6.07, 6.45) is 0. The normalized spacial score (nSPS) is 9.75. The van der Waals surface area contributed by atoms with E-state index in [1.165, 1.54) is 48.5 Å². The molecular formula is C45H58Br2F6O8. The summed E-state index contributed by atoms with van der Waals surface area (Å²) >= 11 is 6.14. The average Bonchev–Trinajstić information content (AvgIpc) is 3.17. The summed E-state index contributed by atoms with van der Waals surface area (Å²) in [6, 6.07) is 22.4. The van der Waals surface area contributed by atoms with E-state index in [0.29, 0.717) is 53.5 Å². The van der Waals surface area contributed by atoms with Crippen LogP contribution in [0.25, 0.3) is 0 Å². The van der Waals surface area contributed by atoms with Crippen LogP contribution in [-0.4, -0.2) is 48.8 Å². The Morgan fingerprint density at radius 3 is 1.23 bits per heavy atom. The van der Waals surface area contributed by atoms with Crippen LogP contribution >= 0.6 is 31.9 Å². The SMILES string of the molecule is C.CCOc1c(F)cccc1Br.CCOc1c(F)cccc1OC(C)(C)C.CCOc1c(O)cccc1F.CCOc1cccc(F)c1OCC.F.Oc1c(F)cccc1Br.[2HH]. The molecule has 5 aromatic rings. The Kier molecular flexibility index (Phi) is 29.5. The lowest BCUT2D eigenvalue weighted by molar-refractivity contribution is 0.122. The first-order chi connectivity index (χ1) is 28.0. The van der Waals surface area contributed by atoms with Crippen LogP contribution < -0.4 is 28.4 Å². The van der Waals surface area contributed by atoms with E-state index in [2.05, 4.69) is 31.9 Å². The first-order valence-electron chi connectivity index (χ1n) is 18.4. The van der Waals surface area contributed by atoms with Crippen LogP contribution in [-0.2, 0) is 0 Å². The number of para-hydroxylation sites is 5. The molecule has 0 saturated heterocycles. The van der Waals surface area contributed by atoms with E-state index >= 15 is 0 Å². The van der Waals surface area contributed by atoms with Gasteiger partial charge in [0.1, 0.15) is 5.60 Å². The van der Waals surface area contributed by atoms with Gasteiger partial charge in [0.15, 0.2) is 75.1 Å². The molecule has 0 spiro atoms. The summed E-state index contributed by atoms with van der Waals surface area (Å²) < 4.78 is 96.6. The summed E-state index contributed by atoms with van der Waals surface area (Å²) in [5, 5.41) is 17.8. The van der Waals surface area contributed by atoms with Gasteiger partial charge in [0.05, 0.1) is 42.0 Å². The van der Waals surface area contributed by atoms with Crippen molar-refractivity contribution >= 4 is 31.9 Å². The summed E-state index contributed by atoms with van der Waals surface area (Å²) in [4.78, 5) is 0. The fourth-order valence-corrected chi connectivity index (χ4v) is 5.06. The van der Waals surface area contributed by atoms with Crippen molar-refractivity contribution < 1.29 is 66.7 Å². The molecule has 342 valence electrons. The fourth-order valence-electron chi connectivity index (χ4n) is 4.26. The van der Waals surface area contributed by atoms with Crippen molar-refractivity contribution in [1.29, 1.82) is 0 Å². The largest absolute Gasteiger partial charge is 0.504 e. The lowest BCUT2D eigenvalue weighted by Gasteiger charge is -2.23. The Hall–Kier alpha value is -4.96. The summed E-state index contributed by atoms with van der Waals surface area (Å²) in [5.41, 5.74) is -0.361. The number of aromatic hydroxyl groups is 2. The van der Waals surface area contributed by atoms with Gasteiger partial charge >= 0.3 is 0 Å². The van der Waals surface area contributed by atoms with Gasteiger partial charge in [-0.2, -0.15) is 0 Å². The molecule has 0 aromatic heterocycles. The van der Waals surface area contributed by atoms with Gasteiger partial charge in [0, 0.05) is 1.43 Å². The minimum Gasteiger partial charge on any atom is -0.504 e. The second-order valence-electron chi connectivity index (χ2n) is 12.2. The first kappa shape index (κ1) is 58.1. The molecule has 0 saturated carbocycles. The number of rotatable bonds is 11. The van der Waals surface area contributed by atoms with Crippen molar-refractivity contribution in [1.82, 2.24) is 0 Å². The van der Waals surface area contributed by atoms with E-state index in [4.69, 9.17) is 38.6 Å². The van der Waals surface area contributed by atoms with E-state index in [9.17, 15) is 22.0 Å². The summed E-state index contributed by atoms with van der Waals surface area (Å²) in [6.45, 7) is 16.9. The van der Waals surface area contributed by atoms with Crippen LogP contribution in [0, 0.1) is 29.1 Å². The van der Waals surface area contributed by atoms with E-state index in [1.807, 2.05) is 48.5 Å². The molecule has 5 aromatic carbocycles. The lowest BCUT2D eigenvalue weighted by Crippen LogP contribution is -2.23. The molecular weight excluding hydrogens is 942 g/mol. The predicted octanol–water partition coefficient (Wildman–Crippen LogP) is 14.3. The Balaban J connectivity index is -0.000000700. The summed E-state index contributed by atoms with van der Waals surface area (Å²) in [7, 11) is 0. The zero-order valence-electron chi connectivity index (χ0n) is 34.6. The van der Waals surface area contributed by atoms with Crippen molar-refractivity contribution in [2.24, 2.45) is 0 Å². The van der Waals surface area contributed by atoms with Crippen LogP contribution in [0.4, 0.5) is 26.7 Å². The molecule has 16 heteroatoms. The molecule has 5 rings (SSSR count). The number of ether oxygens (including phenoxy) is 6. The number of phenolic OH excluding ortho intramolecular Hbond substituents is 2. The quantitative estimate of drug-likeness (QED) is 0.126. The first-order valence-corrected chi connectivity index (χ1v) is 20.0. The van der Waals surface area contributed by atoms with Crippen molar-refractivity contribution in [3.8, 4) is 46.0 Å². The van der Waals surface area contributed by atoms with Crippen LogP contribution in [0.3, 0.4) is 0 Å². The third-order valence-corrected chi connectivity index (χ3v) is 7.80. The molecule has 0 atom stereocenters. The second kappa shape index (κ2) is 31.0. The van der Waals surface area contributed by atoms with Crippen LogP contribution in [0.15, 0.2) is 99.9 Å². The zero-order chi connectivity index (χ0) is 44.5. The maximum absolute atomic E-state index is 13.4. The van der Waals surface area contributed by atoms with E-state index in [0.717, 1.165) is 0 Å². The topological polar surface area (TPSA) is 95.8 Å². The highest BCUT2D eigenvalue weighted by Crippen LogP contribution is 2.33. The maximum atomic E-state index is 13.4. The van der Waals surface area contributed by atoms with Crippen molar-refractivity contribution in [2.75, 3.05) is 33.0 Å². The van der Waals surface area contributed by atoms with Gasteiger partial charge in [0.25, 0.3) is 0 Å². The molecule has 0 aliphatic carbocycles. The molecule has 0 bridgehead atoms. The van der Waals surface area contributed by atoms with Crippen molar-refractivity contribution in [3.63, 3.8) is 0 Å². The highest BCUT2D eigenvalue weighted by molar-refractivity contribution is 9.10. The molecule has 0 heterocycles. The van der Waals surface area contributed by atoms with Gasteiger partial charge in [0.2, 0.25) is 0 Å². The van der Waals surface area contributed by atoms with Crippen molar-refractivity contribution in [2.45, 2.75) is 68.4 Å². The third kappa shape index (κ3) is 21.4. The van der Waals surface area contributed by atoms with Crippen LogP contribution in [0.2, 0.25) is 0 Å². The average molecular weight is 1000 g/mol. The number of phenols is 2. The Morgan fingerprint density at radius 2 is 0.820 bits per heavy atom. The standard InChI is InChI=1S/C12H17FO2.C10H13FO2.C8H8BrFO.C8H9FO2.C6H4BrFO.CH4.FH.H2/c1-5-14-11-9(13)7-6-8-10(11)15-12(2,3)4;1-3-12-9-7-5-6-8(11)10(9)13-4-2;2*1-2-11-8-6(9)4-3-5-7(8)10;7-4-2-1-3-5(8)6(4)9;;;/h6-8H,5H2,1-4H3;5-7H,3-4H2,1-2H3;3-5H,2H2,1H3;3-5,10H,2H2,1H3;1-3,9H;1H4;2*1H/i;;;;;;;1+1. The number of halogens is 8. The molecule has 2 N–H and O–H groups in total. The number of hydrogen-bond acceptors (Lipinski definition) is 8. The maximum Gasteiger partial charge on any atom is 0.197 e.